The highest BCUT2D eigenvalue weighted by molar-refractivity contribution is 9.10. The van der Waals surface area contributed by atoms with Crippen molar-refractivity contribution in [3.05, 3.63) is 34.1 Å². The quantitative estimate of drug-likeness (QED) is 0.885. The van der Waals surface area contributed by atoms with Gasteiger partial charge in [-0.1, -0.05) is 15.9 Å². The summed E-state index contributed by atoms with van der Waals surface area (Å²) in [5.41, 5.74) is 6.12. The third-order valence-electron chi connectivity index (χ3n) is 3.17. The average molecular weight is 331 g/mol. The van der Waals surface area contributed by atoms with Crippen LogP contribution >= 0.6 is 15.9 Å². The zero-order chi connectivity index (χ0) is 14.0. The molecule has 3 unspecified atom stereocenters. The van der Waals surface area contributed by atoms with Crippen LogP contribution in [-0.4, -0.2) is 30.7 Å². The number of benzene rings is 1. The van der Waals surface area contributed by atoms with E-state index in [1.54, 1.807) is 6.07 Å². The molecule has 2 rings (SSSR count). The minimum atomic E-state index is -0.459. The molecule has 1 aromatic rings. The number of carbonyl (C=O) groups is 1. The van der Waals surface area contributed by atoms with Crippen molar-refractivity contribution in [1.29, 1.82) is 0 Å². The molecule has 1 aromatic carbocycles. The second-order valence-corrected chi connectivity index (χ2v) is 5.47. The number of halogens is 2. The van der Waals surface area contributed by atoms with E-state index >= 15 is 0 Å². The number of nitrogens with one attached hydrogen (secondary N) is 1. The first kappa shape index (κ1) is 14.4. The van der Waals surface area contributed by atoms with Gasteiger partial charge in [0.1, 0.15) is 5.82 Å². The van der Waals surface area contributed by atoms with Crippen molar-refractivity contribution < 1.29 is 13.9 Å². The molecule has 1 fully saturated rings. The monoisotopic (exact) mass is 330 g/mol. The van der Waals surface area contributed by atoms with E-state index in [2.05, 4.69) is 21.2 Å². The molecule has 4 nitrogen and oxygen atoms in total. The predicted octanol–water partition coefficient (Wildman–Crippen LogP) is 1.82. The maximum atomic E-state index is 13.2. The van der Waals surface area contributed by atoms with E-state index in [-0.39, 0.29) is 29.7 Å². The summed E-state index contributed by atoms with van der Waals surface area (Å²) in [7, 11) is 0. The molecule has 19 heavy (non-hydrogen) atoms. The van der Waals surface area contributed by atoms with E-state index in [4.69, 9.17) is 10.5 Å². The van der Waals surface area contributed by atoms with Gasteiger partial charge in [-0.25, -0.2) is 4.39 Å². The van der Waals surface area contributed by atoms with Crippen molar-refractivity contribution in [2.45, 2.75) is 31.5 Å². The number of hydrogen-bond acceptors (Lipinski definition) is 3. The van der Waals surface area contributed by atoms with Gasteiger partial charge in [-0.2, -0.15) is 0 Å². The number of nitrogens with two attached hydrogens (primary N) is 1. The molecule has 0 heterocycles. The van der Waals surface area contributed by atoms with Gasteiger partial charge in [-0.15, -0.1) is 0 Å². The summed E-state index contributed by atoms with van der Waals surface area (Å²) >= 11 is 3.16. The fourth-order valence-corrected chi connectivity index (χ4v) is 2.61. The SMILES string of the molecule is CCOC1CC(N)C1NC(=O)c1cc(F)cc(Br)c1. The molecule has 1 aliphatic carbocycles. The summed E-state index contributed by atoms with van der Waals surface area (Å²) in [5.74, 6) is -0.802. The Hall–Kier alpha value is -0.980. The molecule has 3 atom stereocenters. The van der Waals surface area contributed by atoms with Gasteiger partial charge in [0.2, 0.25) is 0 Å². The molecule has 0 aromatic heterocycles. The van der Waals surface area contributed by atoms with Gasteiger partial charge in [0.05, 0.1) is 12.1 Å². The van der Waals surface area contributed by atoms with E-state index in [0.717, 1.165) is 6.42 Å². The number of carbonyl (C=O) groups excluding carboxylic acids is 1. The Morgan fingerprint density at radius 2 is 2.32 bits per heavy atom. The zero-order valence-electron chi connectivity index (χ0n) is 10.5. The lowest BCUT2D eigenvalue weighted by atomic mass is 9.83. The van der Waals surface area contributed by atoms with Crippen molar-refractivity contribution in [2.24, 2.45) is 5.73 Å². The molecular weight excluding hydrogens is 315 g/mol. The number of rotatable bonds is 4. The summed E-state index contributed by atoms with van der Waals surface area (Å²) in [4.78, 5) is 12.0. The van der Waals surface area contributed by atoms with Crippen LogP contribution in [0.25, 0.3) is 0 Å². The standard InChI is InChI=1S/C13H16BrFN2O2/c1-2-19-11-6-10(16)12(11)17-13(18)7-3-8(14)5-9(15)4-7/h3-5,10-12H,2,6,16H2,1H3,(H,17,18). The first-order valence-corrected chi connectivity index (χ1v) is 6.94. The molecule has 0 spiro atoms. The molecule has 0 radical (unpaired) electrons. The first-order chi connectivity index (χ1) is 9.01. The van der Waals surface area contributed by atoms with E-state index < -0.39 is 5.82 Å². The lowest BCUT2D eigenvalue weighted by molar-refractivity contribution is -0.0300. The van der Waals surface area contributed by atoms with Crippen LogP contribution in [0.5, 0.6) is 0 Å². The third kappa shape index (κ3) is 3.32. The van der Waals surface area contributed by atoms with Gasteiger partial charge in [-0.3, -0.25) is 4.79 Å². The summed E-state index contributed by atoms with van der Waals surface area (Å²) in [6, 6.07) is 3.74. The lowest BCUT2D eigenvalue weighted by Crippen LogP contribution is -2.64. The summed E-state index contributed by atoms with van der Waals surface area (Å²) in [6.07, 6.45) is 0.673. The van der Waals surface area contributed by atoms with Crippen LogP contribution in [-0.2, 0) is 4.74 Å². The Bertz CT molecular complexity index is 461. The highest BCUT2D eigenvalue weighted by atomic mass is 79.9. The minimum Gasteiger partial charge on any atom is -0.376 e. The molecule has 1 amide bonds. The Morgan fingerprint density at radius 3 is 2.89 bits per heavy atom. The van der Waals surface area contributed by atoms with Crippen molar-refractivity contribution in [1.82, 2.24) is 5.32 Å². The Kier molecular flexibility index (Phi) is 4.54. The van der Waals surface area contributed by atoms with Crippen molar-refractivity contribution in [2.75, 3.05) is 6.61 Å². The van der Waals surface area contributed by atoms with Crippen LogP contribution in [0.15, 0.2) is 22.7 Å². The Morgan fingerprint density at radius 1 is 1.58 bits per heavy atom. The van der Waals surface area contributed by atoms with Gasteiger partial charge >= 0.3 is 0 Å². The highest BCUT2D eigenvalue weighted by Crippen LogP contribution is 2.23. The van der Waals surface area contributed by atoms with Crippen LogP contribution in [0.2, 0.25) is 0 Å². The maximum Gasteiger partial charge on any atom is 0.251 e. The second kappa shape index (κ2) is 5.98. The molecule has 104 valence electrons. The normalized spacial score (nSPS) is 25.8. The minimum absolute atomic E-state index is 0.0547. The molecule has 1 saturated carbocycles. The van der Waals surface area contributed by atoms with Crippen molar-refractivity contribution >= 4 is 21.8 Å². The topological polar surface area (TPSA) is 64.3 Å². The fraction of sp³-hybridized carbons (Fsp3) is 0.462. The third-order valence-corrected chi connectivity index (χ3v) is 3.63. The van der Waals surface area contributed by atoms with Gasteiger partial charge in [-0.05, 0) is 31.5 Å². The smallest absolute Gasteiger partial charge is 0.251 e. The summed E-state index contributed by atoms with van der Waals surface area (Å²) in [5, 5.41) is 2.80. The van der Waals surface area contributed by atoms with Crippen LogP contribution in [0, 0.1) is 5.82 Å². The number of ether oxygens (including phenoxy) is 1. The average Bonchev–Trinajstić information content (AvgIpc) is 2.34. The molecule has 0 bridgehead atoms. The second-order valence-electron chi connectivity index (χ2n) is 4.55. The van der Waals surface area contributed by atoms with Gasteiger partial charge in [0, 0.05) is 22.7 Å². The van der Waals surface area contributed by atoms with E-state index in [1.165, 1.54) is 12.1 Å². The van der Waals surface area contributed by atoms with E-state index in [0.29, 0.717) is 11.1 Å². The fourth-order valence-electron chi connectivity index (χ4n) is 2.15. The summed E-state index contributed by atoms with van der Waals surface area (Å²) in [6.45, 7) is 2.47. The van der Waals surface area contributed by atoms with Gasteiger partial charge < -0.3 is 15.8 Å². The Balaban J connectivity index is 2.04. The van der Waals surface area contributed by atoms with E-state index in [9.17, 15) is 9.18 Å². The van der Waals surface area contributed by atoms with E-state index in [1.807, 2.05) is 6.92 Å². The number of hydrogen-bond donors (Lipinski definition) is 2. The summed E-state index contributed by atoms with van der Waals surface area (Å²) < 4.78 is 19.2. The van der Waals surface area contributed by atoms with Crippen LogP contribution < -0.4 is 11.1 Å². The molecule has 6 heteroatoms. The maximum absolute atomic E-state index is 13.2. The highest BCUT2D eigenvalue weighted by Gasteiger charge is 2.40. The van der Waals surface area contributed by atoms with Crippen LogP contribution in [0.4, 0.5) is 4.39 Å². The van der Waals surface area contributed by atoms with Crippen molar-refractivity contribution in [3.63, 3.8) is 0 Å². The molecule has 0 aliphatic heterocycles. The molecular formula is C13H16BrFN2O2. The predicted molar refractivity (Wildman–Crippen MR) is 73.4 cm³/mol. The Labute approximate surface area is 119 Å². The largest absolute Gasteiger partial charge is 0.376 e. The zero-order valence-corrected chi connectivity index (χ0v) is 12.1. The van der Waals surface area contributed by atoms with Gasteiger partial charge in [0.15, 0.2) is 0 Å². The van der Waals surface area contributed by atoms with Gasteiger partial charge in [0.25, 0.3) is 5.91 Å². The van der Waals surface area contributed by atoms with Crippen molar-refractivity contribution in [3.8, 4) is 0 Å². The molecule has 1 aliphatic rings. The first-order valence-electron chi connectivity index (χ1n) is 6.15. The van der Waals surface area contributed by atoms with Crippen LogP contribution in [0.1, 0.15) is 23.7 Å². The number of amides is 1. The molecule has 3 N–H and O–H groups in total. The lowest BCUT2D eigenvalue weighted by Gasteiger charge is -2.42. The van der Waals surface area contributed by atoms with Crippen LogP contribution in [0.3, 0.4) is 0 Å². The molecule has 0 saturated heterocycles.